The standard InChI is InChI=1S/C17H18N2OS/c1-18-8-6-16(14-7-10-21-12-14)20-17-4-2-3-13-5-9-19-11-15(13)17/h2-5,7,9-12,16,18H,6,8H2,1H3/t16-/m0/s1. The Labute approximate surface area is 128 Å². The number of rotatable bonds is 6. The van der Waals surface area contributed by atoms with E-state index < -0.39 is 0 Å². The first-order valence-electron chi connectivity index (χ1n) is 7.04. The predicted molar refractivity (Wildman–Crippen MR) is 88.0 cm³/mol. The molecule has 108 valence electrons. The second kappa shape index (κ2) is 6.70. The highest BCUT2D eigenvalue weighted by molar-refractivity contribution is 7.07. The fourth-order valence-corrected chi connectivity index (χ4v) is 3.07. The van der Waals surface area contributed by atoms with Crippen LogP contribution in [0.4, 0.5) is 0 Å². The first-order valence-corrected chi connectivity index (χ1v) is 7.99. The number of nitrogens with zero attached hydrogens (tertiary/aromatic N) is 1. The lowest BCUT2D eigenvalue weighted by atomic mass is 10.1. The summed E-state index contributed by atoms with van der Waals surface area (Å²) in [6.45, 7) is 0.920. The maximum absolute atomic E-state index is 6.30. The van der Waals surface area contributed by atoms with E-state index >= 15 is 0 Å². The van der Waals surface area contributed by atoms with Crippen LogP contribution in [0.2, 0.25) is 0 Å². The van der Waals surface area contributed by atoms with E-state index in [1.807, 2.05) is 37.6 Å². The van der Waals surface area contributed by atoms with Gasteiger partial charge in [0.1, 0.15) is 11.9 Å². The lowest BCUT2D eigenvalue weighted by Crippen LogP contribution is -2.16. The van der Waals surface area contributed by atoms with Gasteiger partial charge in [0.25, 0.3) is 0 Å². The molecule has 0 saturated heterocycles. The van der Waals surface area contributed by atoms with Gasteiger partial charge in [0.05, 0.1) is 0 Å². The Hall–Kier alpha value is -1.91. The predicted octanol–water partition coefficient (Wildman–Crippen LogP) is 4.03. The number of fused-ring (bicyclic) bond motifs is 1. The van der Waals surface area contributed by atoms with Crippen LogP contribution in [-0.4, -0.2) is 18.6 Å². The number of thiophene rings is 1. The Balaban J connectivity index is 1.90. The van der Waals surface area contributed by atoms with E-state index in [1.54, 1.807) is 11.3 Å². The summed E-state index contributed by atoms with van der Waals surface area (Å²) in [7, 11) is 1.96. The molecule has 21 heavy (non-hydrogen) atoms. The molecule has 0 fully saturated rings. The van der Waals surface area contributed by atoms with E-state index in [1.165, 1.54) is 5.56 Å². The van der Waals surface area contributed by atoms with Crippen LogP contribution in [0, 0.1) is 0 Å². The first-order chi connectivity index (χ1) is 10.4. The minimum absolute atomic E-state index is 0.0644. The number of pyridine rings is 1. The minimum atomic E-state index is 0.0644. The lowest BCUT2D eigenvalue weighted by Gasteiger charge is -2.19. The maximum Gasteiger partial charge on any atom is 0.129 e. The van der Waals surface area contributed by atoms with Crippen LogP contribution in [0.1, 0.15) is 18.1 Å². The van der Waals surface area contributed by atoms with Gasteiger partial charge in [-0.1, -0.05) is 12.1 Å². The van der Waals surface area contributed by atoms with Crippen LogP contribution < -0.4 is 10.1 Å². The van der Waals surface area contributed by atoms with E-state index in [0.717, 1.165) is 29.5 Å². The van der Waals surface area contributed by atoms with Gasteiger partial charge in [0.2, 0.25) is 0 Å². The first kappa shape index (κ1) is 14.0. The van der Waals surface area contributed by atoms with Crippen LogP contribution in [-0.2, 0) is 0 Å². The summed E-state index contributed by atoms with van der Waals surface area (Å²) in [6.07, 6.45) is 4.68. The van der Waals surface area contributed by atoms with Crippen LogP contribution >= 0.6 is 11.3 Å². The molecule has 0 amide bonds. The number of hydrogen-bond donors (Lipinski definition) is 1. The van der Waals surface area contributed by atoms with Gasteiger partial charge in [-0.05, 0) is 47.9 Å². The summed E-state index contributed by atoms with van der Waals surface area (Å²) in [4.78, 5) is 4.22. The number of nitrogens with one attached hydrogen (secondary N) is 1. The molecular weight excluding hydrogens is 280 g/mol. The molecular formula is C17H18N2OS. The van der Waals surface area contributed by atoms with Crippen LogP contribution in [0.3, 0.4) is 0 Å². The molecule has 3 rings (SSSR count). The quantitative estimate of drug-likeness (QED) is 0.746. The Morgan fingerprint density at radius 3 is 3.05 bits per heavy atom. The Kier molecular flexibility index (Phi) is 4.48. The van der Waals surface area contributed by atoms with Crippen molar-refractivity contribution < 1.29 is 4.74 Å². The van der Waals surface area contributed by atoms with Crippen molar-refractivity contribution in [2.75, 3.05) is 13.6 Å². The highest BCUT2D eigenvalue weighted by Gasteiger charge is 2.15. The van der Waals surface area contributed by atoms with Gasteiger partial charge in [-0.15, -0.1) is 0 Å². The summed E-state index contributed by atoms with van der Waals surface area (Å²) < 4.78 is 6.30. The molecule has 0 spiro atoms. The van der Waals surface area contributed by atoms with Crippen molar-refractivity contribution in [3.05, 3.63) is 59.0 Å². The number of benzene rings is 1. The average molecular weight is 298 g/mol. The van der Waals surface area contributed by atoms with Crippen molar-refractivity contribution in [3.8, 4) is 5.75 Å². The molecule has 0 unspecified atom stereocenters. The third-order valence-electron chi connectivity index (χ3n) is 3.48. The smallest absolute Gasteiger partial charge is 0.129 e. The zero-order valence-electron chi connectivity index (χ0n) is 12.0. The van der Waals surface area contributed by atoms with E-state index in [2.05, 4.69) is 33.2 Å². The third kappa shape index (κ3) is 3.23. The summed E-state index contributed by atoms with van der Waals surface area (Å²) in [5.74, 6) is 0.896. The Morgan fingerprint density at radius 1 is 1.29 bits per heavy atom. The van der Waals surface area contributed by atoms with Crippen molar-refractivity contribution in [2.24, 2.45) is 0 Å². The Bertz CT molecular complexity index is 692. The summed E-state index contributed by atoms with van der Waals surface area (Å²) >= 11 is 1.70. The molecule has 1 N–H and O–H groups in total. The number of aromatic nitrogens is 1. The highest BCUT2D eigenvalue weighted by atomic mass is 32.1. The van der Waals surface area contributed by atoms with Crippen molar-refractivity contribution in [1.29, 1.82) is 0 Å². The maximum atomic E-state index is 6.30. The normalized spacial score (nSPS) is 12.4. The lowest BCUT2D eigenvalue weighted by molar-refractivity contribution is 0.198. The molecule has 2 aromatic heterocycles. The van der Waals surface area contributed by atoms with Crippen molar-refractivity contribution in [3.63, 3.8) is 0 Å². The topological polar surface area (TPSA) is 34.1 Å². The van der Waals surface area contributed by atoms with E-state index in [4.69, 9.17) is 4.74 Å². The zero-order chi connectivity index (χ0) is 14.5. The average Bonchev–Trinajstić information content (AvgIpc) is 3.06. The number of ether oxygens (including phenoxy) is 1. The fourth-order valence-electron chi connectivity index (χ4n) is 2.37. The largest absolute Gasteiger partial charge is 0.485 e. The van der Waals surface area contributed by atoms with Gasteiger partial charge < -0.3 is 10.1 Å². The molecule has 0 aliphatic rings. The van der Waals surface area contributed by atoms with Crippen molar-refractivity contribution in [1.82, 2.24) is 10.3 Å². The molecule has 2 heterocycles. The molecule has 0 aliphatic heterocycles. The monoisotopic (exact) mass is 298 g/mol. The van der Waals surface area contributed by atoms with E-state index in [-0.39, 0.29) is 6.10 Å². The van der Waals surface area contributed by atoms with Gasteiger partial charge >= 0.3 is 0 Å². The van der Waals surface area contributed by atoms with Crippen LogP contribution in [0.25, 0.3) is 10.8 Å². The van der Waals surface area contributed by atoms with Gasteiger partial charge in [-0.25, -0.2) is 0 Å². The molecule has 0 aliphatic carbocycles. The second-order valence-corrected chi connectivity index (χ2v) is 5.69. The molecule has 4 heteroatoms. The van der Waals surface area contributed by atoms with Gasteiger partial charge in [0, 0.05) is 29.8 Å². The summed E-state index contributed by atoms with van der Waals surface area (Å²) in [5, 5.41) is 9.66. The SMILES string of the molecule is CNCC[C@H](Oc1cccc2ccncc12)c1ccsc1. The third-order valence-corrected chi connectivity index (χ3v) is 4.19. The molecule has 0 bridgehead atoms. The molecule has 1 atom stereocenters. The van der Waals surface area contributed by atoms with Crippen LogP contribution in [0.5, 0.6) is 5.75 Å². The molecule has 3 nitrogen and oxygen atoms in total. The summed E-state index contributed by atoms with van der Waals surface area (Å²) in [6, 6.07) is 10.3. The van der Waals surface area contributed by atoms with Crippen molar-refractivity contribution >= 4 is 22.1 Å². The van der Waals surface area contributed by atoms with Gasteiger partial charge in [-0.2, -0.15) is 11.3 Å². The molecule has 3 aromatic rings. The van der Waals surface area contributed by atoms with Gasteiger partial charge in [0.15, 0.2) is 0 Å². The minimum Gasteiger partial charge on any atom is -0.485 e. The fraction of sp³-hybridized carbons (Fsp3) is 0.235. The zero-order valence-corrected chi connectivity index (χ0v) is 12.8. The molecule has 0 radical (unpaired) electrons. The second-order valence-electron chi connectivity index (χ2n) is 4.91. The van der Waals surface area contributed by atoms with E-state index in [9.17, 15) is 0 Å². The van der Waals surface area contributed by atoms with Crippen molar-refractivity contribution in [2.45, 2.75) is 12.5 Å². The highest BCUT2D eigenvalue weighted by Crippen LogP contribution is 2.31. The van der Waals surface area contributed by atoms with E-state index in [0.29, 0.717) is 0 Å². The summed E-state index contributed by atoms with van der Waals surface area (Å²) in [5.41, 5.74) is 1.23. The molecule has 0 saturated carbocycles. The molecule has 1 aromatic carbocycles. The number of hydrogen-bond acceptors (Lipinski definition) is 4. The Morgan fingerprint density at radius 2 is 2.24 bits per heavy atom. The van der Waals surface area contributed by atoms with Crippen LogP contribution in [0.15, 0.2) is 53.5 Å². The van der Waals surface area contributed by atoms with Gasteiger partial charge in [-0.3, -0.25) is 4.98 Å².